The molecule has 8 heteroatoms. The van der Waals surface area contributed by atoms with Crippen molar-refractivity contribution in [3.05, 3.63) is 0 Å². The molecule has 0 atom stereocenters. The Kier molecular flexibility index (Phi) is 5.69. The summed E-state index contributed by atoms with van der Waals surface area (Å²) in [5.41, 5.74) is -1.10. The summed E-state index contributed by atoms with van der Waals surface area (Å²) in [5, 5.41) is 7.69. The van der Waals surface area contributed by atoms with Gasteiger partial charge in [-0.05, 0) is 13.8 Å². The zero-order valence-corrected chi connectivity index (χ0v) is 12.6. The molecule has 4 amide bonds. The van der Waals surface area contributed by atoms with Gasteiger partial charge in [-0.25, -0.2) is 0 Å². The first-order chi connectivity index (χ1) is 9.75. The number of amides is 4. The molecule has 3 N–H and O–H groups in total. The first-order valence-electron chi connectivity index (χ1n) is 6.83. The van der Waals surface area contributed by atoms with Gasteiger partial charge in [0.25, 0.3) is 0 Å². The van der Waals surface area contributed by atoms with E-state index in [9.17, 15) is 19.2 Å². The SMILES string of the molecule is CN1C(=O)CCC(=O)NCCNC(=O)CNC(=O)C1(C)C. The molecule has 118 valence electrons. The van der Waals surface area contributed by atoms with Crippen molar-refractivity contribution in [1.82, 2.24) is 20.9 Å². The summed E-state index contributed by atoms with van der Waals surface area (Å²) < 4.78 is 0. The van der Waals surface area contributed by atoms with E-state index in [4.69, 9.17) is 0 Å². The third-order valence-electron chi connectivity index (χ3n) is 3.51. The third kappa shape index (κ3) is 4.73. The van der Waals surface area contributed by atoms with Crippen LogP contribution in [-0.2, 0) is 19.2 Å². The zero-order chi connectivity index (χ0) is 16.0. The van der Waals surface area contributed by atoms with Crippen molar-refractivity contribution in [2.45, 2.75) is 32.2 Å². The lowest BCUT2D eigenvalue weighted by Crippen LogP contribution is -2.57. The number of nitrogens with one attached hydrogen (secondary N) is 3. The minimum atomic E-state index is -1.10. The maximum Gasteiger partial charge on any atom is 0.245 e. The average molecular weight is 298 g/mol. The molecule has 0 spiro atoms. The molecule has 8 nitrogen and oxygen atoms in total. The van der Waals surface area contributed by atoms with Crippen molar-refractivity contribution in [3.63, 3.8) is 0 Å². The smallest absolute Gasteiger partial charge is 0.245 e. The maximum atomic E-state index is 12.1. The van der Waals surface area contributed by atoms with Gasteiger partial charge in [0.15, 0.2) is 0 Å². The molecule has 0 aromatic heterocycles. The van der Waals surface area contributed by atoms with E-state index in [0.29, 0.717) is 0 Å². The summed E-state index contributed by atoms with van der Waals surface area (Å²) in [6, 6.07) is 0. The van der Waals surface area contributed by atoms with Gasteiger partial charge in [-0.3, -0.25) is 19.2 Å². The summed E-state index contributed by atoms with van der Waals surface area (Å²) in [7, 11) is 1.51. The lowest BCUT2D eigenvalue weighted by molar-refractivity contribution is -0.145. The quantitative estimate of drug-likeness (QED) is 0.499. The highest BCUT2D eigenvalue weighted by Gasteiger charge is 2.35. The lowest BCUT2D eigenvalue weighted by atomic mass is 10.0. The molecule has 0 saturated carbocycles. The molecule has 0 aliphatic carbocycles. The van der Waals surface area contributed by atoms with Gasteiger partial charge < -0.3 is 20.9 Å². The minimum absolute atomic E-state index is 0.0331. The van der Waals surface area contributed by atoms with Gasteiger partial charge in [0.1, 0.15) is 5.54 Å². The van der Waals surface area contributed by atoms with Crippen LogP contribution in [0.25, 0.3) is 0 Å². The van der Waals surface area contributed by atoms with Crippen molar-refractivity contribution in [2.24, 2.45) is 0 Å². The van der Waals surface area contributed by atoms with E-state index in [-0.39, 0.29) is 50.2 Å². The van der Waals surface area contributed by atoms with Gasteiger partial charge in [-0.2, -0.15) is 0 Å². The predicted octanol–water partition coefficient (Wildman–Crippen LogP) is -1.63. The number of likely N-dealkylation sites (N-methyl/N-ethyl adjacent to an activating group) is 1. The number of carbonyl (C=O) groups is 4. The van der Waals surface area contributed by atoms with E-state index in [1.165, 1.54) is 11.9 Å². The molecule has 0 aromatic carbocycles. The van der Waals surface area contributed by atoms with E-state index in [2.05, 4.69) is 16.0 Å². The van der Waals surface area contributed by atoms with Gasteiger partial charge in [0.2, 0.25) is 23.6 Å². The number of nitrogens with zero attached hydrogens (tertiary/aromatic N) is 1. The Balaban J connectivity index is 2.83. The molecule has 1 saturated heterocycles. The molecular weight excluding hydrogens is 276 g/mol. The molecule has 0 aromatic rings. The predicted molar refractivity (Wildman–Crippen MR) is 75.1 cm³/mol. The number of carbonyl (C=O) groups excluding carboxylic acids is 4. The monoisotopic (exact) mass is 298 g/mol. The van der Waals surface area contributed by atoms with E-state index in [1.807, 2.05) is 0 Å². The second-order valence-electron chi connectivity index (χ2n) is 5.39. The van der Waals surface area contributed by atoms with Crippen molar-refractivity contribution in [1.29, 1.82) is 0 Å². The van der Waals surface area contributed by atoms with Crippen LogP contribution in [0.15, 0.2) is 0 Å². The second-order valence-corrected chi connectivity index (χ2v) is 5.39. The van der Waals surface area contributed by atoms with Gasteiger partial charge >= 0.3 is 0 Å². The highest BCUT2D eigenvalue weighted by Crippen LogP contribution is 2.14. The van der Waals surface area contributed by atoms with Crippen LogP contribution in [0.4, 0.5) is 0 Å². The summed E-state index contributed by atoms with van der Waals surface area (Å²) in [6.07, 6.45) is 0.0836. The van der Waals surface area contributed by atoms with Crippen LogP contribution >= 0.6 is 0 Å². The highest BCUT2D eigenvalue weighted by atomic mass is 16.2. The molecule has 1 heterocycles. The average Bonchev–Trinajstić information content (AvgIpc) is 2.44. The molecule has 21 heavy (non-hydrogen) atoms. The summed E-state index contributed by atoms with van der Waals surface area (Å²) in [5.74, 6) is -1.33. The van der Waals surface area contributed by atoms with Crippen LogP contribution in [0.2, 0.25) is 0 Å². The Labute approximate surface area is 123 Å². The van der Waals surface area contributed by atoms with E-state index < -0.39 is 11.4 Å². The fourth-order valence-corrected chi connectivity index (χ4v) is 1.78. The van der Waals surface area contributed by atoms with Crippen LogP contribution < -0.4 is 16.0 Å². The van der Waals surface area contributed by atoms with Crippen LogP contribution in [-0.4, -0.2) is 60.7 Å². The first-order valence-corrected chi connectivity index (χ1v) is 6.83. The Morgan fingerprint density at radius 2 is 1.48 bits per heavy atom. The fraction of sp³-hybridized carbons (Fsp3) is 0.692. The van der Waals surface area contributed by atoms with Crippen molar-refractivity contribution in [3.8, 4) is 0 Å². The summed E-state index contributed by atoms with van der Waals surface area (Å²) >= 11 is 0. The van der Waals surface area contributed by atoms with E-state index in [1.54, 1.807) is 13.8 Å². The van der Waals surface area contributed by atoms with E-state index >= 15 is 0 Å². The maximum absolute atomic E-state index is 12.1. The number of hydrogen-bond acceptors (Lipinski definition) is 4. The minimum Gasteiger partial charge on any atom is -0.354 e. The van der Waals surface area contributed by atoms with Crippen molar-refractivity contribution >= 4 is 23.6 Å². The standard InChI is InChI=1S/C13H22N4O4/c1-13(2)12(21)16-8-10(19)15-7-6-14-9(18)4-5-11(20)17(13)3/h4-8H2,1-3H3,(H,14,18)(H,15,19)(H,16,21). The second kappa shape index (κ2) is 7.05. The molecule has 0 bridgehead atoms. The van der Waals surface area contributed by atoms with E-state index in [0.717, 1.165) is 0 Å². The molecular formula is C13H22N4O4. The highest BCUT2D eigenvalue weighted by molar-refractivity contribution is 5.93. The van der Waals surface area contributed by atoms with Gasteiger partial charge in [-0.15, -0.1) is 0 Å². The first kappa shape index (κ1) is 16.9. The van der Waals surface area contributed by atoms with Crippen LogP contribution in [0.3, 0.4) is 0 Å². The Morgan fingerprint density at radius 3 is 2.10 bits per heavy atom. The largest absolute Gasteiger partial charge is 0.354 e. The number of rotatable bonds is 0. The number of hydrogen-bond donors (Lipinski definition) is 3. The molecule has 1 aliphatic heterocycles. The topological polar surface area (TPSA) is 108 Å². The summed E-state index contributed by atoms with van der Waals surface area (Å²) in [6.45, 7) is 3.57. The Morgan fingerprint density at radius 1 is 0.905 bits per heavy atom. The van der Waals surface area contributed by atoms with Crippen LogP contribution in [0.1, 0.15) is 26.7 Å². The zero-order valence-electron chi connectivity index (χ0n) is 12.6. The lowest BCUT2D eigenvalue weighted by Gasteiger charge is -2.34. The van der Waals surface area contributed by atoms with Crippen LogP contribution in [0, 0.1) is 0 Å². The molecule has 0 radical (unpaired) electrons. The Bertz CT molecular complexity index is 447. The van der Waals surface area contributed by atoms with Crippen molar-refractivity contribution in [2.75, 3.05) is 26.7 Å². The molecule has 0 unspecified atom stereocenters. The van der Waals surface area contributed by atoms with Gasteiger partial charge in [0, 0.05) is 33.0 Å². The Hall–Kier alpha value is -2.12. The summed E-state index contributed by atoms with van der Waals surface area (Å²) in [4.78, 5) is 48.5. The molecule has 1 fully saturated rings. The fourth-order valence-electron chi connectivity index (χ4n) is 1.78. The van der Waals surface area contributed by atoms with Gasteiger partial charge in [0.05, 0.1) is 6.54 Å². The molecule has 1 rings (SSSR count). The van der Waals surface area contributed by atoms with Gasteiger partial charge in [-0.1, -0.05) is 0 Å². The van der Waals surface area contributed by atoms with Crippen molar-refractivity contribution < 1.29 is 19.2 Å². The van der Waals surface area contributed by atoms with Crippen LogP contribution in [0.5, 0.6) is 0 Å². The molecule has 1 aliphatic rings. The normalized spacial score (nSPS) is 22.0. The third-order valence-corrected chi connectivity index (χ3v) is 3.51.